The Morgan fingerprint density at radius 2 is 2.33 bits per heavy atom. The summed E-state index contributed by atoms with van der Waals surface area (Å²) in [5.41, 5.74) is 6.66. The highest BCUT2D eigenvalue weighted by molar-refractivity contribution is 9.10. The van der Waals surface area contributed by atoms with Gasteiger partial charge in [-0.05, 0) is 53.4 Å². The molecule has 0 aromatic carbocycles. The lowest BCUT2D eigenvalue weighted by Gasteiger charge is -2.13. The molecule has 0 radical (unpaired) electrons. The van der Waals surface area contributed by atoms with E-state index in [-0.39, 0.29) is 0 Å². The van der Waals surface area contributed by atoms with Crippen LogP contribution in [0.2, 0.25) is 0 Å². The third kappa shape index (κ3) is 4.18. The van der Waals surface area contributed by atoms with E-state index in [0.717, 1.165) is 35.4 Å². The normalized spacial score (nSPS) is 12.5. The first-order valence-electron chi connectivity index (χ1n) is 5.19. The standard InChI is InChI=1S/C11H18BrN3/c1-8(3-4-13)6-14-11-9(2)5-10(12)7-15-11/h5,7-8H,3-4,6,13H2,1-2H3,(H,14,15). The Morgan fingerprint density at radius 3 is 2.93 bits per heavy atom. The number of hydrogen-bond acceptors (Lipinski definition) is 3. The van der Waals surface area contributed by atoms with Crippen LogP contribution in [-0.2, 0) is 0 Å². The minimum atomic E-state index is 0.583. The molecule has 1 aromatic heterocycles. The van der Waals surface area contributed by atoms with Crippen molar-refractivity contribution in [3.05, 3.63) is 22.3 Å². The minimum Gasteiger partial charge on any atom is -0.370 e. The minimum absolute atomic E-state index is 0.583. The van der Waals surface area contributed by atoms with Crippen LogP contribution < -0.4 is 11.1 Å². The molecule has 4 heteroatoms. The first-order valence-corrected chi connectivity index (χ1v) is 5.99. The number of pyridine rings is 1. The molecule has 0 amide bonds. The first-order chi connectivity index (χ1) is 7.13. The molecule has 84 valence electrons. The average Bonchev–Trinajstić information content (AvgIpc) is 2.17. The highest BCUT2D eigenvalue weighted by Gasteiger charge is 2.03. The van der Waals surface area contributed by atoms with Crippen molar-refractivity contribution in [2.75, 3.05) is 18.4 Å². The van der Waals surface area contributed by atoms with Gasteiger partial charge in [0.25, 0.3) is 0 Å². The van der Waals surface area contributed by atoms with Crippen LogP contribution >= 0.6 is 15.9 Å². The van der Waals surface area contributed by atoms with E-state index in [9.17, 15) is 0 Å². The van der Waals surface area contributed by atoms with Gasteiger partial charge in [-0.25, -0.2) is 4.98 Å². The summed E-state index contributed by atoms with van der Waals surface area (Å²) < 4.78 is 1.01. The van der Waals surface area contributed by atoms with Crippen LogP contribution in [0.5, 0.6) is 0 Å². The van der Waals surface area contributed by atoms with Crippen LogP contribution in [0, 0.1) is 12.8 Å². The Bertz CT molecular complexity index is 315. The molecule has 3 N–H and O–H groups in total. The van der Waals surface area contributed by atoms with Gasteiger partial charge < -0.3 is 11.1 Å². The first kappa shape index (κ1) is 12.5. The van der Waals surface area contributed by atoms with Gasteiger partial charge in [0.2, 0.25) is 0 Å². The SMILES string of the molecule is Cc1cc(Br)cnc1NCC(C)CCN. The van der Waals surface area contributed by atoms with Gasteiger partial charge in [0.15, 0.2) is 0 Å². The molecular weight excluding hydrogens is 254 g/mol. The van der Waals surface area contributed by atoms with Crippen molar-refractivity contribution in [2.45, 2.75) is 20.3 Å². The van der Waals surface area contributed by atoms with Crippen LogP contribution in [0.15, 0.2) is 16.7 Å². The van der Waals surface area contributed by atoms with Crippen LogP contribution in [0.1, 0.15) is 18.9 Å². The van der Waals surface area contributed by atoms with Crippen molar-refractivity contribution in [2.24, 2.45) is 11.7 Å². The van der Waals surface area contributed by atoms with Crippen molar-refractivity contribution in [1.82, 2.24) is 4.98 Å². The van der Waals surface area contributed by atoms with Gasteiger partial charge in [0.05, 0.1) is 0 Å². The molecule has 0 saturated carbocycles. The average molecular weight is 272 g/mol. The molecule has 0 aliphatic heterocycles. The maximum absolute atomic E-state index is 5.50. The molecule has 0 saturated heterocycles. The molecule has 0 aliphatic carbocycles. The molecule has 3 nitrogen and oxygen atoms in total. The summed E-state index contributed by atoms with van der Waals surface area (Å²) in [5, 5.41) is 3.34. The Labute approximate surface area is 99.6 Å². The van der Waals surface area contributed by atoms with Gasteiger partial charge >= 0.3 is 0 Å². The highest BCUT2D eigenvalue weighted by atomic mass is 79.9. The van der Waals surface area contributed by atoms with Crippen molar-refractivity contribution in [3.8, 4) is 0 Å². The smallest absolute Gasteiger partial charge is 0.128 e. The topological polar surface area (TPSA) is 50.9 Å². The summed E-state index contributed by atoms with van der Waals surface area (Å²) in [4.78, 5) is 4.32. The number of aromatic nitrogens is 1. The second kappa shape index (κ2) is 6.08. The predicted molar refractivity (Wildman–Crippen MR) is 68.0 cm³/mol. The number of rotatable bonds is 5. The molecule has 1 atom stereocenters. The second-order valence-corrected chi connectivity index (χ2v) is 4.80. The second-order valence-electron chi connectivity index (χ2n) is 3.88. The number of anilines is 1. The van der Waals surface area contributed by atoms with Gasteiger partial charge in [-0.3, -0.25) is 0 Å². The molecule has 0 bridgehead atoms. The van der Waals surface area contributed by atoms with Gasteiger partial charge in [-0.2, -0.15) is 0 Å². The number of nitrogens with zero attached hydrogens (tertiary/aromatic N) is 1. The quantitative estimate of drug-likeness (QED) is 0.866. The zero-order valence-corrected chi connectivity index (χ0v) is 10.8. The Kier molecular flexibility index (Phi) is 5.05. The van der Waals surface area contributed by atoms with E-state index in [2.05, 4.69) is 39.2 Å². The van der Waals surface area contributed by atoms with E-state index in [4.69, 9.17) is 5.73 Å². The van der Waals surface area contributed by atoms with Crippen LogP contribution in [-0.4, -0.2) is 18.1 Å². The zero-order valence-electron chi connectivity index (χ0n) is 9.26. The lowest BCUT2D eigenvalue weighted by molar-refractivity contribution is 0.567. The van der Waals surface area contributed by atoms with E-state index >= 15 is 0 Å². The van der Waals surface area contributed by atoms with E-state index in [1.165, 1.54) is 0 Å². The number of nitrogens with one attached hydrogen (secondary N) is 1. The lowest BCUT2D eigenvalue weighted by atomic mass is 10.1. The summed E-state index contributed by atoms with van der Waals surface area (Å²) in [7, 11) is 0. The summed E-state index contributed by atoms with van der Waals surface area (Å²) in [6.45, 7) is 5.91. The van der Waals surface area contributed by atoms with Gasteiger partial charge in [-0.15, -0.1) is 0 Å². The van der Waals surface area contributed by atoms with Crippen molar-refractivity contribution in [1.29, 1.82) is 0 Å². The molecule has 1 unspecified atom stereocenters. The lowest BCUT2D eigenvalue weighted by Crippen LogP contribution is -2.16. The summed E-state index contributed by atoms with van der Waals surface area (Å²) in [6, 6.07) is 2.06. The van der Waals surface area contributed by atoms with Crippen LogP contribution in [0.4, 0.5) is 5.82 Å². The summed E-state index contributed by atoms with van der Waals surface area (Å²) >= 11 is 3.39. The van der Waals surface area contributed by atoms with Crippen LogP contribution in [0.25, 0.3) is 0 Å². The molecule has 0 spiro atoms. The fraction of sp³-hybridized carbons (Fsp3) is 0.545. The van der Waals surface area contributed by atoms with Crippen LogP contribution in [0.3, 0.4) is 0 Å². The number of nitrogens with two attached hydrogens (primary N) is 1. The fourth-order valence-corrected chi connectivity index (χ4v) is 1.83. The summed E-state index contributed by atoms with van der Waals surface area (Å²) in [5.74, 6) is 1.54. The molecule has 1 rings (SSSR count). The molecule has 1 heterocycles. The van der Waals surface area contributed by atoms with E-state index < -0.39 is 0 Å². The maximum Gasteiger partial charge on any atom is 0.128 e. The van der Waals surface area contributed by atoms with E-state index in [0.29, 0.717) is 5.92 Å². The number of hydrogen-bond donors (Lipinski definition) is 2. The maximum atomic E-state index is 5.50. The largest absolute Gasteiger partial charge is 0.370 e. The zero-order chi connectivity index (χ0) is 11.3. The number of halogens is 1. The van der Waals surface area contributed by atoms with Gasteiger partial charge in [0, 0.05) is 17.2 Å². The van der Waals surface area contributed by atoms with Crippen molar-refractivity contribution < 1.29 is 0 Å². The Balaban J connectivity index is 2.50. The molecule has 1 aromatic rings. The van der Waals surface area contributed by atoms with Gasteiger partial charge in [-0.1, -0.05) is 6.92 Å². The predicted octanol–water partition coefficient (Wildman–Crippen LogP) is 2.55. The van der Waals surface area contributed by atoms with E-state index in [1.54, 1.807) is 0 Å². The van der Waals surface area contributed by atoms with Gasteiger partial charge in [0.1, 0.15) is 5.82 Å². The molecule has 15 heavy (non-hydrogen) atoms. The third-order valence-corrected chi connectivity index (χ3v) is 2.76. The molecular formula is C11H18BrN3. The third-order valence-electron chi connectivity index (χ3n) is 2.32. The van der Waals surface area contributed by atoms with E-state index in [1.807, 2.05) is 13.1 Å². The van der Waals surface area contributed by atoms with Crippen molar-refractivity contribution >= 4 is 21.7 Å². The highest BCUT2D eigenvalue weighted by Crippen LogP contribution is 2.17. The molecule has 0 aliphatic rings. The Hall–Kier alpha value is -0.610. The number of aryl methyl sites for hydroxylation is 1. The summed E-state index contributed by atoms with van der Waals surface area (Å²) in [6.07, 6.45) is 2.85. The monoisotopic (exact) mass is 271 g/mol. The Morgan fingerprint density at radius 1 is 1.60 bits per heavy atom. The molecule has 0 fully saturated rings. The van der Waals surface area contributed by atoms with Crippen molar-refractivity contribution in [3.63, 3.8) is 0 Å². The fourth-order valence-electron chi connectivity index (χ4n) is 1.38.